The number of rotatable bonds is 7. The van der Waals surface area contributed by atoms with Crippen molar-refractivity contribution in [2.45, 2.75) is 92.1 Å². The first-order chi connectivity index (χ1) is 18.3. The molecule has 0 saturated heterocycles. The molecule has 1 aromatic carbocycles. The van der Waals surface area contributed by atoms with Crippen molar-refractivity contribution in [3.05, 3.63) is 53.4 Å². The van der Waals surface area contributed by atoms with Gasteiger partial charge in [-0.1, -0.05) is 53.4 Å². The molecule has 4 aliphatic rings. The number of nitriles is 1. The van der Waals surface area contributed by atoms with Crippen LogP contribution in [0, 0.1) is 22.7 Å². The number of alkyl halides is 1. The van der Waals surface area contributed by atoms with E-state index < -0.39 is 11.8 Å². The fraction of sp³-hybridized carbons (Fsp3) is 0.548. The summed E-state index contributed by atoms with van der Waals surface area (Å²) in [5.41, 5.74) is 2.47. The third-order valence-corrected chi connectivity index (χ3v) is 7.28. The molecule has 206 valence electrons. The van der Waals surface area contributed by atoms with Gasteiger partial charge < -0.3 is 19.7 Å². The molecular weight excluding hydrogens is 481 g/mol. The lowest BCUT2D eigenvalue weighted by Crippen LogP contribution is -2.35. The number of allylic oxidation sites excluding steroid dienone is 2. The Bertz CT molecular complexity index is 1120. The van der Waals surface area contributed by atoms with Gasteiger partial charge in [0.25, 0.3) is 0 Å². The number of halogens is 1. The van der Waals surface area contributed by atoms with Gasteiger partial charge in [0.05, 0.1) is 24.3 Å². The number of ether oxygens (including phenoxy) is 2. The van der Waals surface area contributed by atoms with Crippen molar-refractivity contribution in [2.75, 3.05) is 7.11 Å². The van der Waals surface area contributed by atoms with E-state index in [4.69, 9.17) is 9.47 Å². The minimum atomic E-state index is -1.57. The third-order valence-electron chi connectivity index (χ3n) is 7.28. The molecule has 0 amide bonds. The van der Waals surface area contributed by atoms with Crippen LogP contribution in [0.25, 0.3) is 5.70 Å². The van der Waals surface area contributed by atoms with E-state index in [9.17, 15) is 14.4 Å². The number of carbonyl (C=O) groups excluding carboxylic acids is 1. The Morgan fingerprint density at radius 1 is 1.26 bits per heavy atom. The summed E-state index contributed by atoms with van der Waals surface area (Å²) in [5, 5.41) is 13.2. The van der Waals surface area contributed by atoms with Gasteiger partial charge in [-0.2, -0.15) is 5.26 Å². The van der Waals surface area contributed by atoms with Gasteiger partial charge in [-0.25, -0.2) is 4.39 Å². The second-order valence-electron chi connectivity index (χ2n) is 10.1. The highest BCUT2D eigenvalue weighted by Gasteiger charge is 2.39. The van der Waals surface area contributed by atoms with Gasteiger partial charge in [0.2, 0.25) is 6.36 Å². The molecule has 6 nitrogen and oxygen atoms in total. The number of ketones is 1. The van der Waals surface area contributed by atoms with Crippen LogP contribution in [0.15, 0.2) is 42.3 Å². The zero-order valence-electron chi connectivity index (χ0n) is 23.6. The topological polar surface area (TPSA) is 74.6 Å². The molecule has 2 atom stereocenters. The molecular formula is C31H42FN3O3. The molecule has 2 saturated carbocycles. The Hall–Kier alpha value is -3.27. The van der Waals surface area contributed by atoms with Crippen molar-refractivity contribution in [3.63, 3.8) is 0 Å². The first-order valence-corrected chi connectivity index (χ1v) is 13.9. The number of hydrogen-bond donors (Lipinski definition) is 1. The Balaban J connectivity index is 0.000000598. The maximum atomic E-state index is 13.8. The van der Waals surface area contributed by atoms with E-state index in [1.54, 1.807) is 19.1 Å². The molecule has 0 aromatic heterocycles. The molecule has 1 aromatic rings. The average Bonchev–Trinajstić information content (AvgIpc) is 3.39. The Labute approximate surface area is 227 Å². The number of nitrogens with one attached hydrogen (secondary N) is 1. The number of hydrogen-bond acceptors (Lipinski definition) is 6. The maximum absolute atomic E-state index is 13.8. The summed E-state index contributed by atoms with van der Waals surface area (Å²) in [5.74, 6) is 1.42. The molecule has 2 heterocycles. The summed E-state index contributed by atoms with van der Waals surface area (Å²) in [6.07, 6.45) is 13.4. The minimum absolute atomic E-state index is 0.122. The predicted molar refractivity (Wildman–Crippen MR) is 149 cm³/mol. The van der Waals surface area contributed by atoms with Gasteiger partial charge in [0.1, 0.15) is 23.2 Å². The highest BCUT2D eigenvalue weighted by molar-refractivity contribution is 6.01. The van der Waals surface area contributed by atoms with Crippen LogP contribution < -0.4 is 14.8 Å². The van der Waals surface area contributed by atoms with Crippen molar-refractivity contribution in [3.8, 4) is 17.6 Å². The third kappa shape index (κ3) is 6.40. The Morgan fingerprint density at radius 3 is 2.42 bits per heavy atom. The largest absolute Gasteiger partial charge is 0.496 e. The van der Waals surface area contributed by atoms with Gasteiger partial charge >= 0.3 is 0 Å². The quantitative estimate of drug-likeness (QED) is 0.373. The first kappa shape index (κ1) is 29.3. The van der Waals surface area contributed by atoms with Gasteiger partial charge in [-0.05, 0) is 48.6 Å². The monoisotopic (exact) mass is 523 g/mol. The second-order valence-corrected chi connectivity index (χ2v) is 10.1. The standard InChI is InChI=1S/C25H28FN3O3.C4H8.C2H6/c1-4-20(30)24-21(31-3)11-17(12-22(24)32-16(2)26)19-14-28-23-13-18(7-10-29(19)23)25(15-27)8-5-6-9-25;1-4-2-3-4;1-2/h7,10-14,16,23,28H,4-6,8-9H2,1-3H3;4H,2-3H2,1H3;1-2H3. The van der Waals surface area contributed by atoms with Gasteiger partial charge in [0.15, 0.2) is 5.78 Å². The van der Waals surface area contributed by atoms with Crippen molar-refractivity contribution in [1.82, 2.24) is 10.2 Å². The van der Waals surface area contributed by atoms with E-state index in [-0.39, 0.29) is 29.7 Å². The summed E-state index contributed by atoms with van der Waals surface area (Å²) in [6.45, 7) is 9.30. The molecule has 5 rings (SSSR count). The van der Waals surface area contributed by atoms with Gasteiger partial charge in [-0.3, -0.25) is 4.79 Å². The van der Waals surface area contributed by atoms with E-state index >= 15 is 0 Å². The molecule has 2 unspecified atom stereocenters. The molecule has 38 heavy (non-hydrogen) atoms. The molecule has 0 bridgehead atoms. The molecule has 2 aliphatic heterocycles. The van der Waals surface area contributed by atoms with Crippen LogP contribution >= 0.6 is 0 Å². The van der Waals surface area contributed by atoms with E-state index in [2.05, 4.69) is 24.4 Å². The van der Waals surface area contributed by atoms with Crippen LogP contribution in [-0.2, 0) is 0 Å². The van der Waals surface area contributed by atoms with Crippen LogP contribution in [0.3, 0.4) is 0 Å². The number of benzene rings is 1. The lowest BCUT2D eigenvalue weighted by molar-refractivity contribution is 0.0819. The summed E-state index contributed by atoms with van der Waals surface area (Å²) in [7, 11) is 1.48. The fourth-order valence-electron chi connectivity index (χ4n) is 4.94. The zero-order chi connectivity index (χ0) is 27.9. The number of methoxy groups -OCH3 is 1. The normalized spacial score (nSPS) is 21.2. The molecule has 7 heteroatoms. The van der Waals surface area contributed by atoms with Crippen molar-refractivity contribution in [1.29, 1.82) is 5.26 Å². The number of nitrogens with zero attached hydrogens (tertiary/aromatic N) is 2. The minimum Gasteiger partial charge on any atom is -0.496 e. The highest BCUT2D eigenvalue weighted by atomic mass is 19.1. The second kappa shape index (κ2) is 13.0. The van der Waals surface area contributed by atoms with E-state index in [0.717, 1.165) is 48.4 Å². The zero-order valence-corrected chi connectivity index (χ0v) is 23.6. The molecule has 2 fully saturated rings. The SMILES string of the molecule is CC.CC1CC1.CCC(=O)c1c(OC)cc(C2=CNC3C=C(C4(C#N)CCCC4)C=CN23)cc1OC(C)F. The van der Waals surface area contributed by atoms with Crippen LogP contribution in [-0.4, -0.2) is 30.3 Å². The predicted octanol–water partition coefficient (Wildman–Crippen LogP) is 7.49. The maximum Gasteiger partial charge on any atom is 0.235 e. The van der Waals surface area contributed by atoms with Crippen LogP contribution in [0.4, 0.5) is 4.39 Å². The molecule has 0 spiro atoms. The smallest absolute Gasteiger partial charge is 0.235 e. The number of Topliss-reactive ketones (excluding diaryl/α,β-unsaturated/α-hetero) is 1. The van der Waals surface area contributed by atoms with Gasteiger partial charge in [0, 0.05) is 31.3 Å². The van der Waals surface area contributed by atoms with Crippen LogP contribution in [0.2, 0.25) is 0 Å². The number of carbonyl (C=O) groups is 1. The van der Waals surface area contributed by atoms with Crippen molar-refractivity contribution >= 4 is 11.5 Å². The summed E-state index contributed by atoms with van der Waals surface area (Å²) in [4.78, 5) is 14.6. The van der Waals surface area contributed by atoms with E-state index in [1.165, 1.54) is 26.9 Å². The Kier molecular flexibility index (Phi) is 10.0. The Morgan fingerprint density at radius 2 is 1.89 bits per heavy atom. The summed E-state index contributed by atoms with van der Waals surface area (Å²) < 4.78 is 24.6. The van der Waals surface area contributed by atoms with Crippen molar-refractivity contribution < 1.29 is 18.7 Å². The molecule has 0 radical (unpaired) electrons. The lowest BCUT2D eigenvalue weighted by Gasteiger charge is -2.32. The van der Waals surface area contributed by atoms with E-state index in [1.807, 2.05) is 37.2 Å². The van der Waals surface area contributed by atoms with Crippen LogP contribution in [0.5, 0.6) is 11.5 Å². The molecule has 2 aliphatic carbocycles. The fourth-order valence-corrected chi connectivity index (χ4v) is 4.94. The number of fused-ring (bicyclic) bond motifs is 1. The lowest BCUT2D eigenvalue weighted by atomic mass is 9.78. The van der Waals surface area contributed by atoms with Crippen molar-refractivity contribution in [2.24, 2.45) is 11.3 Å². The van der Waals surface area contributed by atoms with E-state index in [0.29, 0.717) is 5.75 Å². The summed E-state index contributed by atoms with van der Waals surface area (Å²) in [6, 6.07) is 6.00. The van der Waals surface area contributed by atoms with Crippen LogP contribution in [0.1, 0.15) is 95.5 Å². The van der Waals surface area contributed by atoms with Gasteiger partial charge in [-0.15, -0.1) is 0 Å². The first-order valence-electron chi connectivity index (χ1n) is 13.9. The summed E-state index contributed by atoms with van der Waals surface area (Å²) >= 11 is 0. The highest BCUT2D eigenvalue weighted by Crippen LogP contribution is 2.46. The molecule has 1 N–H and O–H groups in total. The average molecular weight is 524 g/mol.